The van der Waals surface area contributed by atoms with Gasteiger partial charge in [-0.1, -0.05) is 13.8 Å². The zero-order chi connectivity index (χ0) is 13.9. The summed E-state index contributed by atoms with van der Waals surface area (Å²) in [6, 6.07) is 0.984. The number of nitro groups is 1. The average molecular weight is 260 g/mol. The molecule has 0 aliphatic rings. The van der Waals surface area contributed by atoms with Gasteiger partial charge in [-0.25, -0.2) is 8.78 Å². The van der Waals surface area contributed by atoms with E-state index in [0.717, 1.165) is 6.07 Å². The Balaban J connectivity index is 3.20. The van der Waals surface area contributed by atoms with Crippen LogP contribution in [0.15, 0.2) is 12.1 Å². The minimum absolute atomic E-state index is 0.0997. The molecule has 1 aromatic rings. The second kappa shape index (κ2) is 5.72. The molecule has 0 aliphatic carbocycles. The summed E-state index contributed by atoms with van der Waals surface area (Å²) in [4.78, 5) is 9.93. The molecule has 7 heteroatoms. The number of nitrogens with zero attached hydrogens (tertiary/aromatic N) is 1. The van der Waals surface area contributed by atoms with E-state index in [2.05, 4.69) is 5.32 Å². The van der Waals surface area contributed by atoms with Crippen LogP contribution in [0.25, 0.3) is 0 Å². The van der Waals surface area contributed by atoms with Gasteiger partial charge in [-0.2, -0.15) is 0 Å². The lowest BCUT2D eigenvalue weighted by molar-refractivity contribution is -0.384. The largest absolute Gasteiger partial charge is 0.394 e. The molecule has 0 aromatic heterocycles. The first-order chi connectivity index (χ1) is 8.38. The maximum atomic E-state index is 13.6. The van der Waals surface area contributed by atoms with Crippen LogP contribution < -0.4 is 5.32 Å². The molecule has 0 heterocycles. The average Bonchev–Trinajstić information content (AvgIpc) is 2.30. The van der Waals surface area contributed by atoms with Gasteiger partial charge in [0.2, 0.25) is 0 Å². The number of benzene rings is 1. The maximum Gasteiger partial charge on any atom is 0.295 e. The van der Waals surface area contributed by atoms with Gasteiger partial charge in [0, 0.05) is 6.07 Å². The number of anilines is 1. The second-order valence-electron chi connectivity index (χ2n) is 4.19. The van der Waals surface area contributed by atoms with Crippen molar-refractivity contribution >= 4 is 11.4 Å². The van der Waals surface area contributed by atoms with Gasteiger partial charge in [0.15, 0.2) is 17.3 Å². The van der Waals surface area contributed by atoms with E-state index in [-0.39, 0.29) is 12.5 Å². The quantitative estimate of drug-likeness (QED) is 0.629. The van der Waals surface area contributed by atoms with Crippen LogP contribution in [0.2, 0.25) is 0 Å². The van der Waals surface area contributed by atoms with Gasteiger partial charge in [0.25, 0.3) is 5.69 Å². The number of aliphatic hydroxyl groups is 1. The molecule has 1 rings (SSSR count). The third-order valence-electron chi connectivity index (χ3n) is 2.60. The van der Waals surface area contributed by atoms with E-state index in [1.807, 2.05) is 0 Å². The van der Waals surface area contributed by atoms with Crippen LogP contribution >= 0.6 is 0 Å². The number of hydrogen-bond acceptors (Lipinski definition) is 4. The van der Waals surface area contributed by atoms with Gasteiger partial charge >= 0.3 is 0 Å². The highest BCUT2D eigenvalue weighted by Crippen LogP contribution is 2.30. The van der Waals surface area contributed by atoms with Gasteiger partial charge in [-0.15, -0.1) is 0 Å². The first-order valence-corrected chi connectivity index (χ1v) is 5.38. The molecular weight excluding hydrogens is 246 g/mol. The molecular formula is C11H14F2N2O3. The van der Waals surface area contributed by atoms with Gasteiger partial charge in [0.05, 0.1) is 17.6 Å². The number of halogens is 2. The highest BCUT2D eigenvalue weighted by molar-refractivity contribution is 5.63. The summed E-state index contributed by atoms with van der Waals surface area (Å²) in [5.41, 5.74) is -1.10. The van der Waals surface area contributed by atoms with Crippen LogP contribution in [0, 0.1) is 27.7 Å². The van der Waals surface area contributed by atoms with Gasteiger partial charge in [-0.3, -0.25) is 10.1 Å². The van der Waals surface area contributed by atoms with Crippen LogP contribution in [-0.4, -0.2) is 22.7 Å². The van der Waals surface area contributed by atoms with Crippen molar-refractivity contribution in [1.29, 1.82) is 0 Å². The number of nitrogens with one attached hydrogen (secondary N) is 1. The fourth-order valence-electron chi connectivity index (χ4n) is 1.44. The van der Waals surface area contributed by atoms with Crippen LogP contribution in [0.3, 0.4) is 0 Å². The second-order valence-corrected chi connectivity index (χ2v) is 4.19. The Bertz CT molecular complexity index is 452. The number of aliphatic hydroxyl groups excluding tert-OH is 1. The predicted octanol–water partition coefficient (Wildman–Crippen LogP) is 2.30. The van der Waals surface area contributed by atoms with E-state index < -0.39 is 34.0 Å². The van der Waals surface area contributed by atoms with Crippen molar-refractivity contribution in [1.82, 2.24) is 0 Å². The van der Waals surface area contributed by atoms with E-state index >= 15 is 0 Å². The Kier molecular flexibility index (Phi) is 4.55. The molecule has 0 bridgehead atoms. The number of rotatable bonds is 5. The molecule has 0 fully saturated rings. The third kappa shape index (κ3) is 2.92. The molecule has 0 saturated carbocycles. The summed E-state index contributed by atoms with van der Waals surface area (Å²) in [6.07, 6.45) is 0. The molecule has 1 aromatic carbocycles. The molecule has 1 atom stereocenters. The summed E-state index contributed by atoms with van der Waals surface area (Å²) in [5.74, 6) is -2.59. The molecule has 2 N–H and O–H groups in total. The van der Waals surface area contributed by atoms with Crippen molar-refractivity contribution in [3.8, 4) is 0 Å². The van der Waals surface area contributed by atoms with Crippen LogP contribution in [-0.2, 0) is 0 Å². The first-order valence-electron chi connectivity index (χ1n) is 5.38. The van der Waals surface area contributed by atoms with Crippen molar-refractivity contribution in [3.05, 3.63) is 33.9 Å². The smallest absolute Gasteiger partial charge is 0.295 e. The van der Waals surface area contributed by atoms with Crippen molar-refractivity contribution in [2.24, 2.45) is 5.92 Å². The molecule has 0 radical (unpaired) electrons. The summed E-state index contributed by atoms with van der Waals surface area (Å²) in [6.45, 7) is 3.15. The van der Waals surface area contributed by atoms with Crippen molar-refractivity contribution < 1.29 is 18.8 Å². The zero-order valence-electron chi connectivity index (χ0n) is 9.98. The van der Waals surface area contributed by atoms with E-state index in [9.17, 15) is 18.9 Å². The zero-order valence-corrected chi connectivity index (χ0v) is 9.98. The fraction of sp³-hybridized carbons (Fsp3) is 0.455. The van der Waals surface area contributed by atoms with Gasteiger partial charge in [-0.05, 0) is 12.0 Å². The van der Waals surface area contributed by atoms with Crippen LogP contribution in [0.5, 0.6) is 0 Å². The summed E-state index contributed by atoms with van der Waals surface area (Å²) < 4.78 is 26.6. The van der Waals surface area contributed by atoms with Crippen molar-refractivity contribution in [3.63, 3.8) is 0 Å². The Labute approximate surface area is 103 Å². The first kappa shape index (κ1) is 14.3. The Morgan fingerprint density at radius 1 is 1.44 bits per heavy atom. The molecule has 0 saturated heterocycles. The van der Waals surface area contributed by atoms with Crippen LogP contribution in [0.1, 0.15) is 13.8 Å². The predicted molar refractivity (Wildman–Crippen MR) is 62.3 cm³/mol. The summed E-state index contributed by atoms with van der Waals surface area (Å²) in [7, 11) is 0. The molecule has 0 unspecified atom stereocenters. The minimum atomic E-state index is -1.32. The van der Waals surface area contributed by atoms with E-state index in [1.165, 1.54) is 0 Å². The molecule has 100 valence electrons. The molecule has 0 spiro atoms. The fourth-order valence-corrected chi connectivity index (χ4v) is 1.44. The third-order valence-corrected chi connectivity index (χ3v) is 2.60. The van der Waals surface area contributed by atoms with Crippen LogP contribution in [0.4, 0.5) is 20.2 Å². The normalized spacial score (nSPS) is 12.6. The minimum Gasteiger partial charge on any atom is -0.394 e. The van der Waals surface area contributed by atoms with E-state index in [0.29, 0.717) is 6.07 Å². The number of nitro benzene ring substituents is 1. The van der Waals surface area contributed by atoms with Gasteiger partial charge in [0.1, 0.15) is 0 Å². The molecule has 0 aliphatic heterocycles. The highest BCUT2D eigenvalue weighted by Gasteiger charge is 2.24. The van der Waals surface area contributed by atoms with E-state index in [4.69, 9.17) is 5.11 Å². The lowest BCUT2D eigenvalue weighted by Gasteiger charge is -2.21. The van der Waals surface area contributed by atoms with Gasteiger partial charge < -0.3 is 10.4 Å². The lowest BCUT2D eigenvalue weighted by Crippen LogP contribution is -2.30. The molecule has 0 amide bonds. The monoisotopic (exact) mass is 260 g/mol. The summed E-state index contributed by atoms with van der Waals surface area (Å²) in [5, 5.41) is 22.3. The van der Waals surface area contributed by atoms with Crippen molar-refractivity contribution in [2.75, 3.05) is 11.9 Å². The van der Waals surface area contributed by atoms with Crippen molar-refractivity contribution in [2.45, 2.75) is 19.9 Å². The standard InChI is InChI=1S/C11H14F2N2O3/c1-6(2)8(5-16)14-11-9(15(17)18)4-3-7(12)10(11)13/h3-4,6,8,14,16H,5H2,1-2H3/t8-/m1/s1. The molecule has 5 nitrogen and oxygen atoms in total. The Morgan fingerprint density at radius 3 is 2.50 bits per heavy atom. The highest BCUT2D eigenvalue weighted by atomic mass is 19.2. The van der Waals surface area contributed by atoms with E-state index in [1.54, 1.807) is 13.8 Å². The Hall–Kier alpha value is -1.76. The Morgan fingerprint density at radius 2 is 2.06 bits per heavy atom. The lowest BCUT2D eigenvalue weighted by atomic mass is 10.0. The summed E-state index contributed by atoms with van der Waals surface area (Å²) >= 11 is 0. The molecule has 18 heavy (non-hydrogen) atoms. The topological polar surface area (TPSA) is 75.4 Å². The maximum absolute atomic E-state index is 13.6. The SMILES string of the molecule is CC(C)[C@@H](CO)Nc1c([N+](=O)[O-])ccc(F)c1F. The number of hydrogen-bond donors (Lipinski definition) is 2.